The molecule has 0 bridgehead atoms. The van der Waals surface area contributed by atoms with Gasteiger partial charge in [0.25, 0.3) is 5.91 Å². The normalized spacial score (nSPS) is 10.2. The molecule has 1 heterocycles. The number of ether oxygens (including phenoxy) is 1. The molecule has 0 fully saturated rings. The number of pyridine rings is 1. The van der Waals surface area contributed by atoms with Crippen molar-refractivity contribution in [3.8, 4) is 5.88 Å². The van der Waals surface area contributed by atoms with Gasteiger partial charge in [0.2, 0.25) is 5.88 Å². The van der Waals surface area contributed by atoms with Crippen LogP contribution in [0.3, 0.4) is 0 Å². The van der Waals surface area contributed by atoms with Crippen LogP contribution in [0, 0.1) is 0 Å². The summed E-state index contributed by atoms with van der Waals surface area (Å²) in [6.45, 7) is 2.79. The predicted octanol–water partition coefficient (Wildman–Crippen LogP) is 2.60. The number of carboxylic acid groups (broad SMARTS) is 1. The lowest BCUT2D eigenvalue weighted by Crippen LogP contribution is -2.32. The summed E-state index contributed by atoms with van der Waals surface area (Å²) in [5.41, 5.74) is 1.44. The van der Waals surface area contributed by atoms with E-state index in [4.69, 9.17) is 9.84 Å². The van der Waals surface area contributed by atoms with Crippen molar-refractivity contribution >= 4 is 11.9 Å². The number of carbonyl (C=O) groups excluding carboxylic acids is 1. The van der Waals surface area contributed by atoms with Crippen LogP contribution in [0.4, 0.5) is 0 Å². The highest BCUT2D eigenvalue weighted by Crippen LogP contribution is 2.14. The molecule has 6 nitrogen and oxygen atoms in total. The van der Waals surface area contributed by atoms with Crippen molar-refractivity contribution in [2.24, 2.45) is 0 Å². The molecule has 0 aliphatic heterocycles. The summed E-state index contributed by atoms with van der Waals surface area (Å²) in [6, 6.07) is 12.8. The van der Waals surface area contributed by atoms with Gasteiger partial charge < -0.3 is 14.7 Å². The second-order valence-corrected chi connectivity index (χ2v) is 5.19. The first-order valence-corrected chi connectivity index (χ1v) is 7.74. The van der Waals surface area contributed by atoms with Gasteiger partial charge in [-0.25, -0.2) is 4.98 Å². The summed E-state index contributed by atoms with van der Waals surface area (Å²) in [7, 11) is 0. The van der Waals surface area contributed by atoms with E-state index in [0.29, 0.717) is 24.6 Å². The SMILES string of the molecule is CCN(CCC(=O)O)C(=O)c1ccnc(OCc2ccccc2)c1. The van der Waals surface area contributed by atoms with Crippen LogP contribution in [0.1, 0.15) is 29.3 Å². The Labute approximate surface area is 140 Å². The Bertz CT molecular complexity index is 688. The molecule has 2 aromatic rings. The number of carboxylic acids is 1. The number of aliphatic carboxylic acids is 1. The Morgan fingerprint density at radius 3 is 2.62 bits per heavy atom. The van der Waals surface area contributed by atoms with Crippen molar-refractivity contribution < 1.29 is 19.4 Å². The van der Waals surface area contributed by atoms with E-state index in [-0.39, 0.29) is 18.9 Å². The highest BCUT2D eigenvalue weighted by Gasteiger charge is 2.16. The summed E-state index contributed by atoms with van der Waals surface area (Å²) in [6.07, 6.45) is 1.43. The van der Waals surface area contributed by atoms with Gasteiger partial charge in [0, 0.05) is 30.9 Å². The maximum absolute atomic E-state index is 12.5. The van der Waals surface area contributed by atoms with Gasteiger partial charge in [-0.1, -0.05) is 30.3 Å². The van der Waals surface area contributed by atoms with Crippen LogP contribution in [0.25, 0.3) is 0 Å². The van der Waals surface area contributed by atoms with E-state index in [9.17, 15) is 9.59 Å². The van der Waals surface area contributed by atoms with Gasteiger partial charge >= 0.3 is 5.97 Å². The number of rotatable bonds is 8. The standard InChI is InChI=1S/C18H20N2O4/c1-2-20(11-9-17(21)22)18(23)15-8-10-19-16(12-15)24-13-14-6-4-3-5-7-14/h3-8,10,12H,2,9,11,13H2,1H3,(H,21,22). The number of benzene rings is 1. The number of hydrogen-bond acceptors (Lipinski definition) is 4. The quantitative estimate of drug-likeness (QED) is 0.806. The molecule has 0 unspecified atom stereocenters. The van der Waals surface area contributed by atoms with E-state index in [2.05, 4.69) is 4.98 Å². The van der Waals surface area contributed by atoms with Crippen molar-refractivity contribution in [3.05, 3.63) is 59.8 Å². The fraction of sp³-hybridized carbons (Fsp3) is 0.278. The Kier molecular flexibility index (Phi) is 6.31. The Morgan fingerprint density at radius 2 is 1.96 bits per heavy atom. The van der Waals surface area contributed by atoms with E-state index in [1.54, 1.807) is 12.1 Å². The number of carbonyl (C=O) groups is 2. The molecular formula is C18H20N2O4. The molecule has 0 atom stereocenters. The van der Waals surface area contributed by atoms with Crippen LogP contribution in [0.15, 0.2) is 48.7 Å². The molecule has 1 N–H and O–H groups in total. The first-order chi connectivity index (χ1) is 11.6. The largest absolute Gasteiger partial charge is 0.481 e. The fourth-order valence-electron chi connectivity index (χ4n) is 2.17. The number of aromatic nitrogens is 1. The van der Waals surface area contributed by atoms with E-state index in [1.165, 1.54) is 11.1 Å². The van der Waals surface area contributed by atoms with E-state index in [1.807, 2.05) is 37.3 Å². The van der Waals surface area contributed by atoms with Crippen molar-refractivity contribution in [2.75, 3.05) is 13.1 Å². The van der Waals surface area contributed by atoms with Crippen molar-refractivity contribution in [2.45, 2.75) is 20.0 Å². The van der Waals surface area contributed by atoms with Gasteiger partial charge in [0.05, 0.1) is 6.42 Å². The topological polar surface area (TPSA) is 79.7 Å². The number of hydrogen-bond donors (Lipinski definition) is 1. The lowest BCUT2D eigenvalue weighted by molar-refractivity contribution is -0.137. The molecular weight excluding hydrogens is 308 g/mol. The van der Waals surface area contributed by atoms with Crippen molar-refractivity contribution in [1.29, 1.82) is 0 Å². The third kappa shape index (κ3) is 5.08. The Morgan fingerprint density at radius 1 is 1.21 bits per heavy atom. The second kappa shape index (κ2) is 8.67. The molecule has 1 aromatic heterocycles. The molecule has 1 aromatic carbocycles. The van der Waals surface area contributed by atoms with Crippen LogP contribution in [-0.4, -0.2) is 40.0 Å². The Hall–Kier alpha value is -2.89. The molecule has 126 valence electrons. The zero-order valence-corrected chi connectivity index (χ0v) is 13.5. The fourth-order valence-corrected chi connectivity index (χ4v) is 2.17. The molecule has 0 aliphatic carbocycles. The Balaban J connectivity index is 2.02. The molecule has 0 spiro atoms. The number of nitrogens with zero attached hydrogens (tertiary/aromatic N) is 2. The molecule has 0 radical (unpaired) electrons. The summed E-state index contributed by atoms with van der Waals surface area (Å²) in [5.74, 6) is -0.799. The van der Waals surface area contributed by atoms with Crippen LogP contribution in [0.5, 0.6) is 5.88 Å². The van der Waals surface area contributed by atoms with Gasteiger partial charge in [-0.15, -0.1) is 0 Å². The summed E-state index contributed by atoms with van der Waals surface area (Å²) < 4.78 is 5.62. The third-order valence-corrected chi connectivity index (χ3v) is 3.48. The maximum atomic E-state index is 12.5. The monoisotopic (exact) mass is 328 g/mol. The predicted molar refractivity (Wildman–Crippen MR) is 88.8 cm³/mol. The zero-order chi connectivity index (χ0) is 17.4. The van der Waals surface area contributed by atoms with Crippen LogP contribution in [-0.2, 0) is 11.4 Å². The minimum Gasteiger partial charge on any atom is -0.481 e. The van der Waals surface area contributed by atoms with Crippen LogP contribution >= 0.6 is 0 Å². The molecule has 0 saturated heterocycles. The van der Waals surface area contributed by atoms with Gasteiger partial charge in [0.15, 0.2) is 0 Å². The molecule has 0 aliphatic rings. The second-order valence-electron chi connectivity index (χ2n) is 5.19. The third-order valence-electron chi connectivity index (χ3n) is 3.48. The average molecular weight is 328 g/mol. The van der Waals surface area contributed by atoms with E-state index in [0.717, 1.165) is 5.56 Å². The lowest BCUT2D eigenvalue weighted by Gasteiger charge is -2.20. The molecule has 0 saturated carbocycles. The maximum Gasteiger partial charge on any atom is 0.305 e. The van der Waals surface area contributed by atoms with Gasteiger partial charge in [0.1, 0.15) is 6.61 Å². The first-order valence-electron chi connectivity index (χ1n) is 7.74. The summed E-state index contributed by atoms with van der Waals surface area (Å²) in [4.78, 5) is 28.7. The van der Waals surface area contributed by atoms with Crippen molar-refractivity contribution in [3.63, 3.8) is 0 Å². The minimum absolute atomic E-state index is 0.0813. The number of amides is 1. The highest BCUT2D eigenvalue weighted by atomic mass is 16.5. The van der Waals surface area contributed by atoms with E-state index >= 15 is 0 Å². The molecule has 1 amide bonds. The highest BCUT2D eigenvalue weighted by molar-refractivity contribution is 5.94. The van der Waals surface area contributed by atoms with Crippen LogP contribution < -0.4 is 4.74 Å². The van der Waals surface area contributed by atoms with E-state index < -0.39 is 5.97 Å². The lowest BCUT2D eigenvalue weighted by atomic mass is 10.2. The zero-order valence-electron chi connectivity index (χ0n) is 13.5. The summed E-state index contributed by atoms with van der Waals surface area (Å²) >= 11 is 0. The van der Waals surface area contributed by atoms with Gasteiger partial charge in [-0.2, -0.15) is 0 Å². The van der Waals surface area contributed by atoms with Crippen LogP contribution in [0.2, 0.25) is 0 Å². The minimum atomic E-state index is -0.928. The average Bonchev–Trinajstić information content (AvgIpc) is 2.61. The smallest absolute Gasteiger partial charge is 0.305 e. The van der Waals surface area contributed by atoms with Gasteiger partial charge in [-0.05, 0) is 18.6 Å². The molecule has 24 heavy (non-hydrogen) atoms. The molecule has 6 heteroatoms. The van der Waals surface area contributed by atoms with Crippen molar-refractivity contribution in [1.82, 2.24) is 9.88 Å². The van der Waals surface area contributed by atoms with Gasteiger partial charge in [-0.3, -0.25) is 9.59 Å². The molecule has 2 rings (SSSR count). The summed E-state index contributed by atoms with van der Waals surface area (Å²) in [5, 5.41) is 8.76. The first kappa shape index (κ1) is 17.5.